The van der Waals surface area contributed by atoms with Crippen LogP contribution in [0.2, 0.25) is 0 Å². The van der Waals surface area contributed by atoms with Gasteiger partial charge in [0.05, 0.1) is 11.4 Å². The van der Waals surface area contributed by atoms with Crippen LogP contribution in [0.3, 0.4) is 0 Å². The van der Waals surface area contributed by atoms with Gasteiger partial charge in [-0.25, -0.2) is 5.01 Å². The Kier molecular flexibility index (Phi) is 3.29. The molecule has 3 heteroatoms. The third-order valence-corrected chi connectivity index (χ3v) is 4.83. The van der Waals surface area contributed by atoms with E-state index in [0.29, 0.717) is 6.42 Å². The molecule has 2 aliphatic rings. The van der Waals surface area contributed by atoms with Gasteiger partial charge in [0.2, 0.25) is 5.91 Å². The lowest BCUT2D eigenvalue weighted by Crippen LogP contribution is -2.39. The number of nitrogens with zero attached hydrogens (tertiary/aromatic N) is 2. The van der Waals surface area contributed by atoms with E-state index >= 15 is 0 Å². The van der Waals surface area contributed by atoms with Gasteiger partial charge in [-0.2, -0.15) is 5.10 Å². The van der Waals surface area contributed by atoms with Crippen molar-refractivity contribution in [3.8, 4) is 0 Å². The molecule has 0 N–H and O–H groups in total. The molecule has 0 spiro atoms. The van der Waals surface area contributed by atoms with Crippen molar-refractivity contribution in [2.75, 3.05) is 5.01 Å². The number of fused-ring (bicyclic) bond motifs is 3. The van der Waals surface area contributed by atoms with Crippen molar-refractivity contribution < 1.29 is 4.79 Å². The van der Waals surface area contributed by atoms with Crippen LogP contribution in [-0.2, 0) is 11.2 Å². The second kappa shape index (κ2) is 5.34. The zero-order valence-electron chi connectivity index (χ0n) is 13.5. The summed E-state index contributed by atoms with van der Waals surface area (Å²) in [7, 11) is 0. The van der Waals surface area contributed by atoms with E-state index < -0.39 is 0 Å². The molecular weight excluding hydrogens is 284 g/mol. The minimum Gasteiger partial charge on any atom is -0.273 e. The molecule has 0 saturated heterocycles. The first-order chi connectivity index (χ1) is 11.1. The Morgan fingerprint density at radius 2 is 1.78 bits per heavy atom. The average molecular weight is 304 g/mol. The van der Waals surface area contributed by atoms with Crippen LogP contribution in [0.4, 0.5) is 5.69 Å². The lowest BCUT2D eigenvalue weighted by molar-refractivity contribution is -0.119. The van der Waals surface area contributed by atoms with E-state index in [-0.39, 0.29) is 11.8 Å². The number of hydrazone groups is 1. The highest BCUT2D eigenvalue weighted by Gasteiger charge is 2.34. The summed E-state index contributed by atoms with van der Waals surface area (Å²) in [5.74, 6) is 0.359. The number of aryl methyl sites for hydroxylation is 3. The van der Waals surface area contributed by atoms with Crippen molar-refractivity contribution in [1.29, 1.82) is 0 Å². The number of hydrogen-bond acceptors (Lipinski definition) is 2. The second-order valence-corrected chi connectivity index (χ2v) is 6.63. The third kappa shape index (κ3) is 2.46. The molecule has 0 fully saturated rings. The molecule has 1 heterocycles. The first-order valence-electron chi connectivity index (χ1n) is 8.20. The summed E-state index contributed by atoms with van der Waals surface area (Å²) in [5.41, 5.74) is 6.93. The average Bonchev–Trinajstić information content (AvgIpc) is 2.55. The Morgan fingerprint density at radius 1 is 1.04 bits per heavy atom. The topological polar surface area (TPSA) is 32.7 Å². The summed E-state index contributed by atoms with van der Waals surface area (Å²) in [6.07, 6.45) is 2.61. The normalized spacial score (nSPS) is 19.9. The highest BCUT2D eigenvalue weighted by Crippen LogP contribution is 2.34. The van der Waals surface area contributed by atoms with Gasteiger partial charge in [0.25, 0.3) is 0 Å². The van der Waals surface area contributed by atoms with Crippen LogP contribution in [-0.4, -0.2) is 11.6 Å². The molecule has 4 rings (SSSR count). The monoisotopic (exact) mass is 304 g/mol. The summed E-state index contributed by atoms with van der Waals surface area (Å²) in [6, 6.07) is 14.6. The predicted molar refractivity (Wildman–Crippen MR) is 92.8 cm³/mol. The van der Waals surface area contributed by atoms with E-state index in [2.05, 4.69) is 25.1 Å². The summed E-state index contributed by atoms with van der Waals surface area (Å²) in [4.78, 5) is 12.5. The van der Waals surface area contributed by atoms with Crippen molar-refractivity contribution in [2.24, 2.45) is 11.0 Å². The van der Waals surface area contributed by atoms with Crippen LogP contribution < -0.4 is 5.01 Å². The third-order valence-electron chi connectivity index (χ3n) is 4.83. The first kappa shape index (κ1) is 14.2. The van der Waals surface area contributed by atoms with Gasteiger partial charge in [-0.1, -0.05) is 35.4 Å². The van der Waals surface area contributed by atoms with Crippen LogP contribution in [0, 0.1) is 19.8 Å². The maximum absolute atomic E-state index is 12.5. The van der Waals surface area contributed by atoms with Crippen molar-refractivity contribution in [3.63, 3.8) is 0 Å². The molecule has 0 aromatic heterocycles. The maximum atomic E-state index is 12.5. The molecule has 1 amide bonds. The van der Waals surface area contributed by atoms with Crippen LogP contribution in [0.1, 0.15) is 35.1 Å². The van der Waals surface area contributed by atoms with Gasteiger partial charge in [0, 0.05) is 17.9 Å². The Hall–Kier alpha value is -2.42. The van der Waals surface area contributed by atoms with Crippen LogP contribution in [0.5, 0.6) is 0 Å². The SMILES string of the molecule is Cc1ccc(N2N=C3c4cc(C)ccc4CCC3CC2=O)cc1. The van der Waals surface area contributed by atoms with Gasteiger partial charge in [-0.3, -0.25) is 4.79 Å². The highest BCUT2D eigenvalue weighted by atomic mass is 16.2. The summed E-state index contributed by atoms with van der Waals surface area (Å²) in [6.45, 7) is 4.15. The fourth-order valence-corrected chi connectivity index (χ4v) is 3.52. The molecule has 1 aliphatic heterocycles. The van der Waals surface area contributed by atoms with Gasteiger partial charge in [-0.05, 0) is 50.5 Å². The number of benzene rings is 2. The van der Waals surface area contributed by atoms with Gasteiger partial charge < -0.3 is 0 Å². The van der Waals surface area contributed by atoms with E-state index in [1.54, 1.807) is 5.01 Å². The Labute approximate surface area is 136 Å². The zero-order valence-corrected chi connectivity index (χ0v) is 13.5. The zero-order chi connectivity index (χ0) is 16.0. The lowest BCUT2D eigenvalue weighted by atomic mass is 9.79. The number of carbonyl (C=O) groups excluding carboxylic acids is 1. The molecule has 23 heavy (non-hydrogen) atoms. The van der Waals surface area contributed by atoms with Crippen LogP contribution >= 0.6 is 0 Å². The molecule has 1 unspecified atom stereocenters. The molecule has 1 aliphatic carbocycles. The Balaban J connectivity index is 1.81. The van der Waals surface area contributed by atoms with Crippen molar-refractivity contribution >= 4 is 17.3 Å². The molecule has 0 bridgehead atoms. The Bertz CT molecular complexity index is 805. The molecule has 3 nitrogen and oxygen atoms in total. The summed E-state index contributed by atoms with van der Waals surface area (Å²) < 4.78 is 0. The molecular formula is C20H20N2O. The predicted octanol–water partition coefficient (Wildman–Crippen LogP) is 4.01. The van der Waals surface area contributed by atoms with Crippen molar-refractivity contribution in [2.45, 2.75) is 33.1 Å². The number of hydrogen-bond donors (Lipinski definition) is 0. The van der Waals surface area contributed by atoms with Gasteiger partial charge in [-0.15, -0.1) is 0 Å². The number of anilines is 1. The largest absolute Gasteiger partial charge is 0.273 e. The van der Waals surface area contributed by atoms with Crippen LogP contribution in [0.15, 0.2) is 47.6 Å². The van der Waals surface area contributed by atoms with E-state index in [0.717, 1.165) is 24.2 Å². The van der Waals surface area contributed by atoms with E-state index in [1.807, 2.05) is 31.2 Å². The number of amides is 1. The summed E-state index contributed by atoms with van der Waals surface area (Å²) in [5, 5.41) is 6.35. The molecule has 2 aromatic carbocycles. The molecule has 0 radical (unpaired) electrons. The van der Waals surface area contributed by atoms with Gasteiger partial charge in [0.15, 0.2) is 0 Å². The molecule has 0 saturated carbocycles. The highest BCUT2D eigenvalue weighted by molar-refractivity contribution is 6.11. The standard InChI is InChI=1S/C20H20N2O/c1-13-4-9-17(10-5-13)22-19(23)12-16-8-7-15-6-3-14(2)11-18(15)20(16)21-22/h3-6,9-11,16H,7-8,12H2,1-2H3. The maximum Gasteiger partial charge on any atom is 0.248 e. The van der Waals surface area contributed by atoms with E-state index in [9.17, 15) is 4.79 Å². The lowest BCUT2D eigenvalue weighted by Gasteiger charge is -2.33. The van der Waals surface area contributed by atoms with Gasteiger partial charge in [0.1, 0.15) is 0 Å². The van der Waals surface area contributed by atoms with Gasteiger partial charge >= 0.3 is 0 Å². The minimum absolute atomic E-state index is 0.0960. The minimum atomic E-state index is 0.0960. The number of rotatable bonds is 1. The Morgan fingerprint density at radius 3 is 2.57 bits per heavy atom. The quantitative estimate of drug-likeness (QED) is 0.783. The molecule has 1 atom stereocenters. The van der Waals surface area contributed by atoms with E-state index in [4.69, 9.17) is 5.10 Å². The summed E-state index contributed by atoms with van der Waals surface area (Å²) >= 11 is 0. The smallest absolute Gasteiger partial charge is 0.248 e. The fourth-order valence-electron chi connectivity index (χ4n) is 3.52. The second-order valence-electron chi connectivity index (χ2n) is 6.63. The van der Waals surface area contributed by atoms with E-state index in [1.165, 1.54) is 22.3 Å². The van der Waals surface area contributed by atoms with Crippen molar-refractivity contribution in [1.82, 2.24) is 0 Å². The molecule has 116 valence electrons. The molecule has 2 aromatic rings. The van der Waals surface area contributed by atoms with Crippen LogP contribution in [0.25, 0.3) is 0 Å². The number of carbonyl (C=O) groups is 1. The van der Waals surface area contributed by atoms with Crippen molar-refractivity contribution in [3.05, 3.63) is 64.7 Å². The first-order valence-corrected chi connectivity index (χ1v) is 8.20. The fraction of sp³-hybridized carbons (Fsp3) is 0.300.